The molecule has 0 aromatic heterocycles. The molecule has 1 aliphatic carbocycles. The highest BCUT2D eigenvalue weighted by Crippen LogP contribution is 2.21. The van der Waals surface area contributed by atoms with Crippen molar-refractivity contribution in [2.75, 3.05) is 5.73 Å². The molecule has 0 heterocycles. The Kier molecular flexibility index (Phi) is 3.49. The minimum Gasteiger partial charge on any atom is -0.398 e. The van der Waals surface area contributed by atoms with Crippen LogP contribution in [0.5, 0.6) is 0 Å². The highest BCUT2D eigenvalue weighted by Gasteiger charge is 2.13. The number of nitrogen functional groups attached to an aromatic ring is 1. The second-order valence-electron chi connectivity index (χ2n) is 4.22. The van der Waals surface area contributed by atoms with E-state index >= 15 is 0 Å². The van der Waals surface area contributed by atoms with Crippen LogP contribution in [-0.2, 0) is 6.54 Å². The van der Waals surface area contributed by atoms with Gasteiger partial charge in [-0.2, -0.15) is 0 Å². The summed E-state index contributed by atoms with van der Waals surface area (Å²) in [6, 6.07) is 6.54. The van der Waals surface area contributed by atoms with Gasteiger partial charge in [0.05, 0.1) is 10.7 Å². The predicted octanol–water partition coefficient (Wildman–Crippen LogP) is 2.95. The van der Waals surface area contributed by atoms with Gasteiger partial charge in [0, 0.05) is 12.6 Å². The molecule has 1 aliphatic rings. The Labute approximate surface area is 95.8 Å². The second kappa shape index (κ2) is 4.86. The van der Waals surface area contributed by atoms with Crippen LogP contribution in [0.3, 0.4) is 0 Å². The van der Waals surface area contributed by atoms with Crippen molar-refractivity contribution in [3.05, 3.63) is 28.8 Å². The lowest BCUT2D eigenvalue weighted by atomic mass is 10.2. The molecule has 1 aromatic rings. The Bertz CT molecular complexity index is 332. The summed E-state index contributed by atoms with van der Waals surface area (Å²) >= 11 is 5.96. The lowest BCUT2D eigenvalue weighted by Gasteiger charge is -2.12. The van der Waals surface area contributed by atoms with E-state index in [0.717, 1.165) is 6.54 Å². The Morgan fingerprint density at radius 1 is 1.33 bits per heavy atom. The zero-order valence-corrected chi connectivity index (χ0v) is 9.56. The summed E-state index contributed by atoms with van der Waals surface area (Å²) in [6.07, 6.45) is 5.34. The van der Waals surface area contributed by atoms with Gasteiger partial charge in [-0.15, -0.1) is 0 Å². The van der Waals surface area contributed by atoms with Crippen LogP contribution in [0.2, 0.25) is 5.02 Å². The third-order valence-electron chi connectivity index (χ3n) is 3.01. The minimum atomic E-state index is 0.653. The Hall–Kier alpha value is -0.730. The number of hydrogen-bond donors (Lipinski definition) is 2. The molecular formula is C12H17ClN2. The molecule has 15 heavy (non-hydrogen) atoms. The van der Waals surface area contributed by atoms with E-state index in [1.54, 1.807) is 0 Å². The van der Waals surface area contributed by atoms with Crippen LogP contribution in [0.15, 0.2) is 18.2 Å². The van der Waals surface area contributed by atoms with Crippen LogP contribution in [0.1, 0.15) is 31.2 Å². The van der Waals surface area contributed by atoms with Gasteiger partial charge < -0.3 is 11.1 Å². The topological polar surface area (TPSA) is 38.0 Å². The zero-order valence-electron chi connectivity index (χ0n) is 8.80. The van der Waals surface area contributed by atoms with Gasteiger partial charge in [-0.05, 0) is 30.5 Å². The van der Waals surface area contributed by atoms with Gasteiger partial charge in [-0.1, -0.05) is 30.5 Å². The maximum atomic E-state index is 5.96. The van der Waals surface area contributed by atoms with E-state index in [9.17, 15) is 0 Å². The molecule has 0 bridgehead atoms. The van der Waals surface area contributed by atoms with Gasteiger partial charge in [0.15, 0.2) is 0 Å². The van der Waals surface area contributed by atoms with E-state index in [4.69, 9.17) is 17.3 Å². The quantitative estimate of drug-likeness (QED) is 0.775. The number of nitrogens with two attached hydrogens (primary N) is 1. The van der Waals surface area contributed by atoms with Crippen molar-refractivity contribution in [1.29, 1.82) is 0 Å². The predicted molar refractivity (Wildman–Crippen MR) is 65.0 cm³/mol. The van der Waals surface area contributed by atoms with Crippen LogP contribution < -0.4 is 11.1 Å². The number of hydrogen-bond acceptors (Lipinski definition) is 2. The first-order chi connectivity index (χ1) is 7.25. The largest absolute Gasteiger partial charge is 0.398 e. The zero-order chi connectivity index (χ0) is 10.7. The molecule has 1 aromatic carbocycles. The average Bonchev–Trinajstić information content (AvgIpc) is 2.73. The van der Waals surface area contributed by atoms with E-state index in [1.807, 2.05) is 18.2 Å². The molecule has 0 atom stereocenters. The highest BCUT2D eigenvalue weighted by molar-refractivity contribution is 6.33. The summed E-state index contributed by atoms with van der Waals surface area (Å²) in [5, 5.41) is 4.20. The monoisotopic (exact) mass is 224 g/mol. The fraction of sp³-hybridized carbons (Fsp3) is 0.500. The molecule has 3 N–H and O–H groups in total. The van der Waals surface area contributed by atoms with Gasteiger partial charge in [0.25, 0.3) is 0 Å². The molecule has 2 nitrogen and oxygen atoms in total. The SMILES string of the molecule is Nc1ccc(CNC2CCCC2)cc1Cl. The molecule has 0 radical (unpaired) electrons. The van der Waals surface area contributed by atoms with Crippen molar-refractivity contribution in [3.63, 3.8) is 0 Å². The number of rotatable bonds is 3. The summed E-state index contributed by atoms with van der Waals surface area (Å²) in [5.41, 5.74) is 7.52. The molecule has 0 amide bonds. The van der Waals surface area contributed by atoms with Gasteiger partial charge in [0.2, 0.25) is 0 Å². The maximum absolute atomic E-state index is 5.96. The van der Waals surface area contributed by atoms with Crippen LogP contribution >= 0.6 is 11.6 Å². The molecule has 3 heteroatoms. The van der Waals surface area contributed by atoms with Crippen LogP contribution in [0.25, 0.3) is 0 Å². The summed E-state index contributed by atoms with van der Waals surface area (Å²) < 4.78 is 0. The number of anilines is 1. The van der Waals surface area contributed by atoms with Crippen molar-refractivity contribution in [1.82, 2.24) is 5.32 Å². The standard InChI is InChI=1S/C12H17ClN2/c13-11-7-9(5-6-12(11)14)8-15-10-3-1-2-4-10/h5-7,10,15H,1-4,8,14H2. The van der Waals surface area contributed by atoms with Crippen molar-refractivity contribution in [2.24, 2.45) is 0 Å². The molecule has 0 unspecified atom stereocenters. The van der Waals surface area contributed by atoms with Crippen molar-refractivity contribution in [3.8, 4) is 0 Å². The molecule has 0 spiro atoms. The van der Waals surface area contributed by atoms with Gasteiger partial charge in [0.1, 0.15) is 0 Å². The van der Waals surface area contributed by atoms with E-state index in [2.05, 4.69) is 5.32 Å². The van der Waals surface area contributed by atoms with Crippen molar-refractivity contribution in [2.45, 2.75) is 38.3 Å². The number of benzene rings is 1. The van der Waals surface area contributed by atoms with Crippen LogP contribution in [-0.4, -0.2) is 6.04 Å². The highest BCUT2D eigenvalue weighted by atomic mass is 35.5. The summed E-state index contributed by atoms with van der Waals surface area (Å²) in [6.45, 7) is 0.894. The summed E-state index contributed by atoms with van der Waals surface area (Å²) in [7, 11) is 0. The molecule has 82 valence electrons. The minimum absolute atomic E-state index is 0.653. The van der Waals surface area contributed by atoms with Crippen LogP contribution in [0, 0.1) is 0 Å². The molecule has 0 aliphatic heterocycles. The number of halogens is 1. The third-order valence-corrected chi connectivity index (χ3v) is 3.34. The van der Waals surface area contributed by atoms with Gasteiger partial charge >= 0.3 is 0 Å². The maximum Gasteiger partial charge on any atom is 0.0638 e. The lowest BCUT2D eigenvalue weighted by Crippen LogP contribution is -2.25. The first-order valence-corrected chi connectivity index (χ1v) is 5.91. The van der Waals surface area contributed by atoms with Gasteiger partial charge in [-0.3, -0.25) is 0 Å². The normalized spacial score (nSPS) is 17.1. The second-order valence-corrected chi connectivity index (χ2v) is 4.63. The van der Waals surface area contributed by atoms with E-state index in [1.165, 1.54) is 31.2 Å². The smallest absolute Gasteiger partial charge is 0.0638 e. The average molecular weight is 225 g/mol. The number of nitrogens with one attached hydrogen (secondary N) is 1. The third kappa shape index (κ3) is 2.86. The fourth-order valence-electron chi connectivity index (χ4n) is 2.07. The Morgan fingerprint density at radius 3 is 2.73 bits per heavy atom. The van der Waals surface area contributed by atoms with Crippen LogP contribution in [0.4, 0.5) is 5.69 Å². The molecule has 0 saturated heterocycles. The fourth-order valence-corrected chi connectivity index (χ4v) is 2.28. The van der Waals surface area contributed by atoms with E-state index in [-0.39, 0.29) is 0 Å². The lowest BCUT2D eigenvalue weighted by molar-refractivity contribution is 0.524. The van der Waals surface area contributed by atoms with E-state index < -0.39 is 0 Å². The van der Waals surface area contributed by atoms with Gasteiger partial charge in [-0.25, -0.2) is 0 Å². The van der Waals surface area contributed by atoms with Crippen molar-refractivity contribution < 1.29 is 0 Å². The Balaban J connectivity index is 1.90. The molecule has 2 rings (SSSR count). The van der Waals surface area contributed by atoms with E-state index in [0.29, 0.717) is 16.8 Å². The molecule has 1 fully saturated rings. The van der Waals surface area contributed by atoms with Crippen molar-refractivity contribution >= 4 is 17.3 Å². The first kappa shape index (κ1) is 10.8. The first-order valence-electron chi connectivity index (χ1n) is 5.53. The Morgan fingerprint density at radius 2 is 2.07 bits per heavy atom. The summed E-state index contributed by atoms with van der Waals surface area (Å²) in [5.74, 6) is 0. The molecular weight excluding hydrogens is 208 g/mol. The summed E-state index contributed by atoms with van der Waals surface area (Å²) in [4.78, 5) is 0. The molecule has 1 saturated carbocycles.